The van der Waals surface area contributed by atoms with Crippen molar-refractivity contribution in [2.75, 3.05) is 37.3 Å². The number of ether oxygens (including phenoxy) is 1. The van der Waals surface area contributed by atoms with Crippen LogP contribution in [0.2, 0.25) is 0 Å². The third-order valence-corrected chi connectivity index (χ3v) is 9.13. The molecule has 1 saturated carbocycles. The number of carbonyl (C=O) groups excluding carboxylic acids is 2. The molecule has 1 aliphatic heterocycles. The summed E-state index contributed by atoms with van der Waals surface area (Å²) in [5, 5.41) is 15.2. The van der Waals surface area contributed by atoms with Crippen LogP contribution in [0.5, 0.6) is 11.5 Å². The molecule has 230 valence electrons. The van der Waals surface area contributed by atoms with Gasteiger partial charge in [-0.15, -0.1) is 0 Å². The Morgan fingerprint density at radius 3 is 2.80 bits per heavy atom. The number of aromatic nitrogens is 4. The van der Waals surface area contributed by atoms with E-state index in [9.17, 15) is 9.59 Å². The zero-order valence-corrected chi connectivity index (χ0v) is 25.7. The summed E-state index contributed by atoms with van der Waals surface area (Å²) in [5.41, 5.74) is 1.94. The number of hydrogen-bond acceptors (Lipinski definition) is 9. The number of carbonyl (C=O) groups is 2. The van der Waals surface area contributed by atoms with Gasteiger partial charge in [-0.05, 0) is 69.1 Å². The number of thiazole rings is 1. The van der Waals surface area contributed by atoms with E-state index in [1.165, 1.54) is 24.2 Å². The summed E-state index contributed by atoms with van der Waals surface area (Å²) in [5.74, 6) is 1.57. The average Bonchev–Trinajstić information content (AvgIpc) is 3.71. The van der Waals surface area contributed by atoms with Crippen molar-refractivity contribution in [1.29, 1.82) is 0 Å². The van der Waals surface area contributed by atoms with Gasteiger partial charge in [0.25, 0.3) is 5.91 Å². The molecule has 2 aromatic carbocycles. The predicted octanol–water partition coefficient (Wildman–Crippen LogP) is 5.67. The van der Waals surface area contributed by atoms with Crippen molar-refractivity contribution >= 4 is 55.4 Å². The van der Waals surface area contributed by atoms with Gasteiger partial charge in [-0.3, -0.25) is 24.9 Å². The average molecular weight is 623 g/mol. The van der Waals surface area contributed by atoms with Crippen molar-refractivity contribution in [3.05, 3.63) is 78.5 Å². The van der Waals surface area contributed by atoms with Gasteiger partial charge in [-0.2, -0.15) is 5.10 Å². The standard InChI is InChI=1S/C33H34N8O3S/c1-40(23-12-13-23)18-5-9-28(42)41-19-4-6-22(20-41)35-31-29-26(16-17-34-30(29)38-39-31)44-24-14-10-21(11-15-24)32(43)37-33-36-25-7-2-3-8-27(25)45-33/h2-3,5,7-11,14-17,22-23H,4,6,12-13,18-20H2,1H3,(H,36,37,43)(H2,34,35,38,39)/b9-5+. The van der Waals surface area contributed by atoms with E-state index in [4.69, 9.17) is 4.74 Å². The minimum absolute atomic E-state index is 0.0398. The number of piperidine rings is 1. The number of benzene rings is 2. The molecule has 12 heteroatoms. The minimum atomic E-state index is -0.241. The number of likely N-dealkylation sites (N-methyl/N-ethyl adjacent to an activating group) is 1. The molecule has 1 saturated heterocycles. The molecule has 0 radical (unpaired) electrons. The molecule has 2 amide bonds. The summed E-state index contributed by atoms with van der Waals surface area (Å²) in [6.45, 7) is 2.12. The van der Waals surface area contributed by atoms with Crippen LogP contribution in [0, 0.1) is 0 Å². The number of likely N-dealkylation sites (tertiary alicyclic amines) is 1. The molecule has 5 aromatic rings. The smallest absolute Gasteiger partial charge is 0.257 e. The number of nitrogens with zero attached hydrogens (tertiary/aromatic N) is 5. The number of rotatable bonds is 10. The van der Waals surface area contributed by atoms with E-state index < -0.39 is 0 Å². The summed E-state index contributed by atoms with van der Waals surface area (Å²) in [6, 6.07) is 17.2. The van der Waals surface area contributed by atoms with E-state index in [1.807, 2.05) is 35.2 Å². The maximum Gasteiger partial charge on any atom is 0.257 e. The molecule has 4 heterocycles. The molecular formula is C33H34N8O3S. The Morgan fingerprint density at radius 1 is 1.13 bits per heavy atom. The molecule has 45 heavy (non-hydrogen) atoms. The lowest BCUT2D eigenvalue weighted by atomic mass is 10.1. The molecule has 1 aliphatic carbocycles. The number of nitrogens with one attached hydrogen (secondary N) is 3. The Labute approximate surface area is 264 Å². The number of amides is 2. The first kappa shape index (κ1) is 28.9. The minimum Gasteiger partial charge on any atom is -0.456 e. The Bertz CT molecular complexity index is 1830. The van der Waals surface area contributed by atoms with Crippen LogP contribution in [0.15, 0.2) is 72.9 Å². The number of pyridine rings is 1. The molecule has 7 rings (SSSR count). The fourth-order valence-electron chi connectivity index (χ4n) is 5.59. The van der Waals surface area contributed by atoms with E-state index in [0.29, 0.717) is 46.2 Å². The third kappa shape index (κ3) is 6.66. The SMILES string of the molecule is CN(C/C=C/C(=O)N1CCCC(Nc2n[nH]c3nccc(Oc4ccc(C(=O)Nc5nc6ccccc6s5)cc4)c23)C1)C1CC1. The van der Waals surface area contributed by atoms with Crippen molar-refractivity contribution < 1.29 is 14.3 Å². The Balaban J connectivity index is 0.997. The quantitative estimate of drug-likeness (QED) is 0.170. The first-order chi connectivity index (χ1) is 22.0. The Kier molecular flexibility index (Phi) is 8.14. The summed E-state index contributed by atoms with van der Waals surface area (Å²) in [6.07, 6.45) is 9.66. The van der Waals surface area contributed by atoms with Gasteiger partial charge in [0.2, 0.25) is 5.91 Å². The normalized spacial score (nSPS) is 16.9. The molecule has 1 unspecified atom stereocenters. The Hall–Kier alpha value is -4.81. The molecule has 11 nitrogen and oxygen atoms in total. The summed E-state index contributed by atoms with van der Waals surface area (Å²) in [7, 11) is 2.11. The molecule has 3 N–H and O–H groups in total. The maximum absolute atomic E-state index is 12.9. The second-order valence-corrected chi connectivity index (χ2v) is 12.5. The van der Waals surface area contributed by atoms with Crippen molar-refractivity contribution in [3.8, 4) is 11.5 Å². The zero-order valence-electron chi connectivity index (χ0n) is 24.9. The van der Waals surface area contributed by atoms with Crippen molar-refractivity contribution in [3.63, 3.8) is 0 Å². The van der Waals surface area contributed by atoms with E-state index in [2.05, 4.69) is 42.7 Å². The van der Waals surface area contributed by atoms with E-state index in [1.54, 1.807) is 42.6 Å². The second-order valence-electron chi connectivity index (χ2n) is 11.5. The van der Waals surface area contributed by atoms with E-state index in [-0.39, 0.29) is 17.9 Å². The number of anilines is 2. The summed E-state index contributed by atoms with van der Waals surface area (Å²) >= 11 is 1.44. The molecule has 0 bridgehead atoms. The van der Waals surface area contributed by atoms with Gasteiger partial charge in [-0.1, -0.05) is 29.5 Å². The van der Waals surface area contributed by atoms with Crippen molar-refractivity contribution in [2.24, 2.45) is 0 Å². The van der Waals surface area contributed by atoms with Crippen LogP contribution >= 0.6 is 11.3 Å². The zero-order chi connectivity index (χ0) is 30.8. The van der Waals surface area contributed by atoms with Crippen LogP contribution in [0.1, 0.15) is 36.0 Å². The maximum atomic E-state index is 12.9. The first-order valence-electron chi connectivity index (χ1n) is 15.2. The second kappa shape index (κ2) is 12.7. The molecule has 1 atom stereocenters. The monoisotopic (exact) mass is 622 g/mol. The highest BCUT2D eigenvalue weighted by atomic mass is 32.1. The topological polar surface area (TPSA) is 128 Å². The fraction of sp³-hybridized carbons (Fsp3) is 0.303. The van der Waals surface area contributed by atoms with Gasteiger partial charge in [0.15, 0.2) is 16.6 Å². The third-order valence-electron chi connectivity index (χ3n) is 8.18. The van der Waals surface area contributed by atoms with Gasteiger partial charge < -0.3 is 15.0 Å². The lowest BCUT2D eigenvalue weighted by Gasteiger charge is -2.32. The van der Waals surface area contributed by atoms with Gasteiger partial charge in [0.05, 0.1) is 10.2 Å². The first-order valence-corrected chi connectivity index (χ1v) is 16.0. The van der Waals surface area contributed by atoms with Crippen LogP contribution in [-0.4, -0.2) is 80.5 Å². The van der Waals surface area contributed by atoms with Gasteiger partial charge in [-0.25, -0.2) is 9.97 Å². The number of H-pyrrole nitrogens is 1. The van der Waals surface area contributed by atoms with Gasteiger partial charge in [0.1, 0.15) is 16.9 Å². The fourth-order valence-corrected chi connectivity index (χ4v) is 6.45. The van der Waals surface area contributed by atoms with E-state index in [0.717, 1.165) is 41.5 Å². The molecule has 2 fully saturated rings. The molecular weight excluding hydrogens is 588 g/mol. The number of para-hydroxylation sites is 1. The molecule has 3 aromatic heterocycles. The van der Waals surface area contributed by atoms with Crippen LogP contribution in [0.4, 0.5) is 10.9 Å². The van der Waals surface area contributed by atoms with Crippen LogP contribution in [0.3, 0.4) is 0 Å². The summed E-state index contributed by atoms with van der Waals surface area (Å²) in [4.78, 5) is 38.8. The number of hydrogen-bond donors (Lipinski definition) is 3. The number of fused-ring (bicyclic) bond motifs is 2. The molecule has 0 spiro atoms. The lowest BCUT2D eigenvalue weighted by Crippen LogP contribution is -2.44. The highest BCUT2D eigenvalue weighted by Crippen LogP contribution is 2.34. The molecule has 2 aliphatic rings. The van der Waals surface area contributed by atoms with Crippen molar-refractivity contribution in [2.45, 2.75) is 37.8 Å². The van der Waals surface area contributed by atoms with Crippen LogP contribution < -0.4 is 15.4 Å². The number of aromatic amines is 1. The summed E-state index contributed by atoms with van der Waals surface area (Å²) < 4.78 is 7.27. The van der Waals surface area contributed by atoms with Crippen LogP contribution in [0.25, 0.3) is 21.3 Å². The largest absolute Gasteiger partial charge is 0.456 e. The van der Waals surface area contributed by atoms with E-state index >= 15 is 0 Å². The van der Waals surface area contributed by atoms with Gasteiger partial charge in [0, 0.05) is 55.6 Å². The van der Waals surface area contributed by atoms with Gasteiger partial charge >= 0.3 is 0 Å². The lowest BCUT2D eigenvalue weighted by molar-refractivity contribution is -0.127. The van der Waals surface area contributed by atoms with Crippen LogP contribution in [-0.2, 0) is 4.79 Å². The predicted molar refractivity (Wildman–Crippen MR) is 176 cm³/mol. The highest BCUT2D eigenvalue weighted by molar-refractivity contribution is 7.22. The van der Waals surface area contributed by atoms with Crippen molar-refractivity contribution in [1.82, 2.24) is 30.0 Å². The highest BCUT2D eigenvalue weighted by Gasteiger charge is 2.26. The Morgan fingerprint density at radius 2 is 1.98 bits per heavy atom.